The first-order chi connectivity index (χ1) is 18.6. The Labute approximate surface area is 220 Å². The van der Waals surface area contributed by atoms with Gasteiger partial charge in [0.1, 0.15) is 11.5 Å². The Bertz CT molecular complexity index is 1760. The number of aromatic amines is 2. The van der Waals surface area contributed by atoms with Crippen molar-refractivity contribution in [3.63, 3.8) is 0 Å². The first-order valence-electron chi connectivity index (χ1n) is 12.9. The highest BCUT2D eigenvalue weighted by Crippen LogP contribution is 2.30. The van der Waals surface area contributed by atoms with Crippen molar-refractivity contribution in [1.82, 2.24) is 30.0 Å². The summed E-state index contributed by atoms with van der Waals surface area (Å²) < 4.78 is 13.9. The molecule has 0 unspecified atom stereocenters. The van der Waals surface area contributed by atoms with Gasteiger partial charge < -0.3 is 4.98 Å². The lowest BCUT2D eigenvalue weighted by molar-refractivity contribution is 0.331. The fraction of sp³-hybridized carbons (Fsp3) is 0.194. The van der Waals surface area contributed by atoms with Crippen LogP contribution in [0.4, 0.5) is 4.39 Å². The molecule has 4 aromatic heterocycles. The third-order valence-corrected chi connectivity index (χ3v) is 7.11. The van der Waals surface area contributed by atoms with Gasteiger partial charge in [0.25, 0.3) is 0 Å². The second kappa shape index (κ2) is 10.2. The van der Waals surface area contributed by atoms with Gasteiger partial charge in [-0.2, -0.15) is 5.10 Å². The molecule has 0 saturated carbocycles. The molecule has 190 valence electrons. The van der Waals surface area contributed by atoms with E-state index in [0.29, 0.717) is 0 Å². The Hall–Kier alpha value is -4.36. The van der Waals surface area contributed by atoms with Crippen molar-refractivity contribution in [2.45, 2.75) is 26.3 Å². The minimum absolute atomic E-state index is 0.290. The third-order valence-electron chi connectivity index (χ3n) is 7.11. The molecule has 1 aliphatic rings. The molecule has 0 aliphatic carbocycles. The molecule has 7 heteroatoms. The molecular formula is C31H29FN6. The highest BCUT2D eigenvalue weighted by atomic mass is 19.1. The van der Waals surface area contributed by atoms with Crippen LogP contribution >= 0.6 is 0 Å². The lowest BCUT2D eigenvalue weighted by atomic mass is 10.0. The number of H-pyrrole nitrogens is 2. The summed E-state index contributed by atoms with van der Waals surface area (Å²) in [5.74, 6) is -0.290. The van der Waals surface area contributed by atoms with Crippen molar-refractivity contribution in [2.24, 2.45) is 0 Å². The van der Waals surface area contributed by atoms with Crippen LogP contribution < -0.4 is 10.6 Å². The lowest BCUT2D eigenvalue weighted by Crippen LogP contribution is -2.23. The fourth-order valence-electron chi connectivity index (χ4n) is 5.19. The second-order valence-corrected chi connectivity index (χ2v) is 9.74. The maximum atomic E-state index is 13.9. The van der Waals surface area contributed by atoms with Crippen LogP contribution in [0.1, 0.15) is 30.9 Å². The summed E-state index contributed by atoms with van der Waals surface area (Å²) in [5, 5.41) is 10.5. The number of nitrogens with zero attached hydrogens (tertiary/aromatic N) is 4. The number of benzene rings is 1. The van der Waals surface area contributed by atoms with Crippen molar-refractivity contribution in [3.05, 3.63) is 95.1 Å². The second-order valence-electron chi connectivity index (χ2n) is 9.74. The van der Waals surface area contributed by atoms with Crippen LogP contribution in [0.25, 0.3) is 51.3 Å². The molecule has 5 heterocycles. The Kier molecular flexibility index (Phi) is 6.43. The van der Waals surface area contributed by atoms with Crippen LogP contribution in [0.5, 0.6) is 0 Å². The van der Waals surface area contributed by atoms with E-state index in [1.807, 2.05) is 43.6 Å². The summed E-state index contributed by atoms with van der Waals surface area (Å²) in [6, 6.07) is 12.6. The summed E-state index contributed by atoms with van der Waals surface area (Å²) in [6.07, 6.45) is 12.1. The van der Waals surface area contributed by atoms with Crippen LogP contribution in [-0.4, -0.2) is 43.1 Å². The SMILES string of the molecule is C=C(/C=c1/c(-c2cc3c(-c4cccc(F)c4)nccc3[nH]2)n[nH]/c1=C/C)c1cncc(CN2CCCC2)c1. The predicted molar refractivity (Wildman–Crippen MR) is 151 cm³/mol. The zero-order valence-corrected chi connectivity index (χ0v) is 21.3. The molecular weight excluding hydrogens is 475 g/mol. The van der Waals surface area contributed by atoms with Gasteiger partial charge in [-0.25, -0.2) is 4.39 Å². The van der Waals surface area contributed by atoms with Crippen molar-refractivity contribution < 1.29 is 4.39 Å². The number of rotatable bonds is 6. The lowest BCUT2D eigenvalue weighted by Gasteiger charge is -2.14. The van der Waals surface area contributed by atoms with E-state index < -0.39 is 0 Å². The van der Waals surface area contributed by atoms with Crippen molar-refractivity contribution in [2.75, 3.05) is 13.1 Å². The number of hydrogen-bond acceptors (Lipinski definition) is 4. The van der Waals surface area contributed by atoms with Gasteiger partial charge in [0, 0.05) is 46.8 Å². The Morgan fingerprint density at radius 1 is 1.11 bits per heavy atom. The van der Waals surface area contributed by atoms with E-state index in [0.717, 1.165) is 74.9 Å². The van der Waals surface area contributed by atoms with Crippen LogP contribution in [0, 0.1) is 5.82 Å². The molecule has 38 heavy (non-hydrogen) atoms. The van der Waals surface area contributed by atoms with E-state index in [-0.39, 0.29) is 5.82 Å². The van der Waals surface area contributed by atoms with Crippen molar-refractivity contribution in [3.8, 4) is 22.6 Å². The summed E-state index contributed by atoms with van der Waals surface area (Å²) >= 11 is 0. The van der Waals surface area contributed by atoms with Crippen molar-refractivity contribution in [1.29, 1.82) is 0 Å². The van der Waals surface area contributed by atoms with Gasteiger partial charge in [0.2, 0.25) is 0 Å². The predicted octanol–water partition coefficient (Wildman–Crippen LogP) is 5.04. The fourth-order valence-corrected chi connectivity index (χ4v) is 5.19. The highest BCUT2D eigenvalue weighted by Gasteiger charge is 2.15. The Morgan fingerprint density at radius 2 is 1.97 bits per heavy atom. The molecule has 1 saturated heterocycles. The van der Waals surface area contributed by atoms with Gasteiger partial charge in [-0.1, -0.05) is 24.8 Å². The summed E-state index contributed by atoms with van der Waals surface area (Å²) in [7, 11) is 0. The quantitative estimate of drug-likeness (QED) is 0.340. The monoisotopic (exact) mass is 504 g/mol. The molecule has 1 aliphatic heterocycles. The third kappa shape index (κ3) is 4.68. The van der Waals surface area contributed by atoms with Crippen LogP contribution in [-0.2, 0) is 6.54 Å². The molecule has 6 nitrogen and oxygen atoms in total. The number of fused-ring (bicyclic) bond motifs is 1. The van der Waals surface area contributed by atoms with Gasteiger partial charge in [-0.15, -0.1) is 0 Å². The molecule has 0 amide bonds. The first-order valence-corrected chi connectivity index (χ1v) is 12.9. The van der Waals surface area contributed by atoms with E-state index in [1.54, 1.807) is 12.3 Å². The number of aromatic nitrogens is 5. The van der Waals surface area contributed by atoms with Gasteiger partial charge in [0.05, 0.1) is 16.7 Å². The van der Waals surface area contributed by atoms with Gasteiger partial charge in [-0.3, -0.25) is 20.0 Å². The van der Waals surface area contributed by atoms with E-state index >= 15 is 0 Å². The molecule has 2 N–H and O–H groups in total. The zero-order chi connectivity index (χ0) is 26.1. The van der Waals surface area contributed by atoms with Crippen LogP contribution in [0.2, 0.25) is 0 Å². The molecule has 0 spiro atoms. The average molecular weight is 505 g/mol. The largest absolute Gasteiger partial charge is 0.353 e. The van der Waals surface area contributed by atoms with Gasteiger partial charge >= 0.3 is 0 Å². The van der Waals surface area contributed by atoms with E-state index in [2.05, 4.69) is 48.8 Å². The standard InChI is InChI=1S/C31H29FN6/c1-3-27-25(13-20(2)23-14-21(17-33-18-23)19-38-11-4-5-12-38)31(37-36-27)29-16-26-28(35-29)9-10-34-30(26)22-7-6-8-24(32)15-22/h3,6-10,13-18,35-36H,2,4-5,11-12,19H2,1H3/b25-13+,27-3+. The van der Waals surface area contributed by atoms with Crippen LogP contribution in [0.3, 0.4) is 0 Å². The molecule has 0 atom stereocenters. The van der Waals surface area contributed by atoms with Crippen molar-refractivity contribution >= 4 is 28.6 Å². The molecule has 0 bridgehead atoms. The summed E-state index contributed by atoms with van der Waals surface area (Å²) in [5.41, 5.74) is 7.03. The Morgan fingerprint density at radius 3 is 2.79 bits per heavy atom. The topological polar surface area (TPSA) is 73.5 Å². The van der Waals surface area contributed by atoms with Crippen LogP contribution in [0.15, 0.2) is 67.6 Å². The molecule has 1 fully saturated rings. The maximum Gasteiger partial charge on any atom is 0.123 e. The maximum absolute atomic E-state index is 13.9. The number of allylic oxidation sites excluding steroid dienone is 1. The number of halogens is 1. The molecule has 6 rings (SSSR count). The number of pyridine rings is 2. The van der Waals surface area contributed by atoms with E-state index in [4.69, 9.17) is 0 Å². The smallest absolute Gasteiger partial charge is 0.123 e. The highest BCUT2D eigenvalue weighted by molar-refractivity contribution is 5.96. The number of hydrogen-bond donors (Lipinski definition) is 2. The normalized spacial score (nSPS) is 15.1. The van der Waals surface area contributed by atoms with Gasteiger partial charge in [0.15, 0.2) is 0 Å². The van der Waals surface area contributed by atoms with E-state index in [1.165, 1.54) is 30.5 Å². The number of likely N-dealkylation sites (tertiary alicyclic amines) is 1. The Balaban J connectivity index is 1.39. The number of nitrogens with one attached hydrogen (secondary N) is 2. The zero-order valence-electron chi connectivity index (χ0n) is 21.3. The van der Waals surface area contributed by atoms with Gasteiger partial charge in [-0.05, 0) is 86.0 Å². The molecule has 5 aromatic rings. The molecule has 1 aromatic carbocycles. The van der Waals surface area contributed by atoms with E-state index in [9.17, 15) is 4.39 Å². The molecule has 0 radical (unpaired) electrons. The average Bonchev–Trinajstić information content (AvgIpc) is 3.68. The first kappa shape index (κ1) is 24.0. The summed E-state index contributed by atoms with van der Waals surface area (Å²) in [6.45, 7) is 9.55. The minimum atomic E-state index is -0.290. The minimum Gasteiger partial charge on any atom is -0.353 e. The summed E-state index contributed by atoms with van der Waals surface area (Å²) in [4.78, 5) is 15.0.